The van der Waals surface area contributed by atoms with Gasteiger partial charge in [-0.15, -0.1) is 0 Å². The number of pyridine rings is 1. The van der Waals surface area contributed by atoms with Gasteiger partial charge in [0, 0.05) is 23.8 Å². The van der Waals surface area contributed by atoms with Gasteiger partial charge in [0.15, 0.2) is 0 Å². The summed E-state index contributed by atoms with van der Waals surface area (Å²) in [7, 11) is 0. The number of fused-ring (bicyclic) bond motifs is 2. The van der Waals surface area contributed by atoms with Gasteiger partial charge in [-0.25, -0.2) is 0 Å². The van der Waals surface area contributed by atoms with E-state index in [1.54, 1.807) is 12.3 Å². The third kappa shape index (κ3) is 2.37. The highest BCUT2D eigenvalue weighted by Crippen LogP contribution is 2.46. The number of carbonyl (C=O) groups is 1. The van der Waals surface area contributed by atoms with Crippen LogP contribution in [0.1, 0.15) is 41.7 Å². The summed E-state index contributed by atoms with van der Waals surface area (Å²) in [5.41, 5.74) is 2.94. The molecule has 23 heavy (non-hydrogen) atoms. The number of nitrogens with zero attached hydrogens (tertiary/aromatic N) is 2. The van der Waals surface area contributed by atoms with E-state index >= 15 is 0 Å². The van der Waals surface area contributed by atoms with Crippen molar-refractivity contribution in [3.8, 4) is 0 Å². The van der Waals surface area contributed by atoms with Crippen molar-refractivity contribution in [2.24, 2.45) is 0 Å². The van der Waals surface area contributed by atoms with Crippen LogP contribution in [0.4, 0.5) is 5.69 Å². The first kappa shape index (κ1) is 14.2. The zero-order valence-electron chi connectivity index (χ0n) is 13.1. The summed E-state index contributed by atoms with van der Waals surface area (Å²) in [6.45, 7) is 0.747. The Hall–Kier alpha value is -2.42. The monoisotopic (exact) mass is 304 g/mol. The molecule has 0 fully saturated rings. The minimum atomic E-state index is -0.00677. The molecule has 1 amide bonds. The SMILES string of the molecule is O=C(c1ccccn1)N1CCC2(C=CCCC2)c2ccccc21. The van der Waals surface area contributed by atoms with Gasteiger partial charge in [0.25, 0.3) is 5.91 Å². The van der Waals surface area contributed by atoms with Gasteiger partial charge in [-0.2, -0.15) is 0 Å². The van der Waals surface area contributed by atoms with E-state index in [0.29, 0.717) is 5.69 Å². The van der Waals surface area contributed by atoms with E-state index in [1.165, 1.54) is 24.8 Å². The lowest BCUT2D eigenvalue weighted by molar-refractivity contribution is 0.0977. The molecule has 0 saturated heterocycles. The van der Waals surface area contributed by atoms with Crippen molar-refractivity contribution in [2.75, 3.05) is 11.4 Å². The molecule has 2 heterocycles. The third-order valence-corrected chi connectivity index (χ3v) is 5.07. The number of aromatic nitrogens is 1. The third-order valence-electron chi connectivity index (χ3n) is 5.07. The molecule has 0 saturated carbocycles. The Kier molecular flexibility index (Phi) is 3.49. The smallest absolute Gasteiger partial charge is 0.276 e. The highest BCUT2D eigenvalue weighted by molar-refractivity contribution is 6.05. The van der Waals surface area contributed by atoms with Gasteiger partial charge in [0.05, 0.1) is 0 Å². The molecule has 1 unspecified atom stereocenters. The minimum Gasteiger partial charge on any atom is -0.307 e. The lowest BCUT2D eigenvalue weighted by Gasteiger charge is -2.43. The molecule has 0 bridgehead atoms. The van der Waals surface area contributed by atoms with E-state index < -0.39 is 0 Å². The Morgan fingerprint density at radius 1 is 1.09 bits per heavy atom. The van der Waals surface area contributed by atoms with Crippen molar-refractivity contribution in [3.63, 3.8) is 0 Å². The molecular weight excluding hydrogens is 284 g/mol. The zero-order chi connectivity index (χ0) is 15.7. The predicted octanol–water partition coefficient (Wildman–Crippen LogP) is 4.11. The van der Waals surface area contributed by atoms with Crippen LogP contribution in [0.5, 0.6) is 0 Å². The number of hydrogen-bond acceptors (Lipinski definition) is 2. The van der Waals surface area contributed by atoms with E-state index in [4.69, 9.17) is 0 Å². The summed E-state index contributed by atoms with van der Waals surface area (Å²) in [6.07, 6.45) is 10.9. The molecule has 3 nitrogen and oxygen atoms in total. The molecule has 2 aromatic rings. The molecule has 3 heteroatoms. The number of para-hydroxylation sites is 1. The average molecular weight is 304 g/mol. The zero-order valence-corrected chi connectivity index (χ0v) is 13.1. The van der Waals surface area contributed by atoms with Crippen LogP contribution < -0.4 is 4.90 Å². The van der Waals surface area contributed by atoms with Crippen LogP contribution >= 0.6 is 0 Å². The second-order valence-electron chi connectivity index (χ2n) is 6.39. The van der Waals surface area contributed by atoms with Crippen LogP contribution in [0.2, 0.25) is 0 Å². The number of amides is 1. The van der Waals surface area contributed by atoms with Crippen molar-refractivity contribution < 1.29 is 4.79 Å². The largest absolute Gasteiger partial charge is 0.307 e. The Morgan fingerprint density at radius 2 is 1.96 bits per heavy atom. The Morgan fingerprint density at radius 3 is 2.74 bits per heavy atom. The van der Waals surface area contributed by atoms with Gasteiger partial charge < -0.3 is 4.90 Å². The molecule has 1 aliphatic heterocycles. The van der Waals surface area contributed by atoms with Gasteiger partial charge in [0.2, 0.25) is 0 Å². The van der Waals surface area contributed by atoms with E-state index in [-0.39, 0.29) is 11.3 Å². The average Bonchev–Trinajstić information content (AvgIpc) is 2.63. The molecule has 1 aliphatic carbocycles. The van der Waals surface area contributed by atoms with Crippen LogP contribution in [-0.2, 0) is 5.41 Å². The van der Waals surface area contributed by atoms with Gasteiger partial charge in [-0.1, -0.05) is 36.4 Å². The van der Waals surface area contributed by atoms with Crippen molar-refractivity contribution >= 4 is 11.6 Å². The quantitative estimate of drug-likeness (QED) is 0.743. The molecule has 1 aromatic carbocycles. The van der Waals surface area contributed by atoms with Gasteiger partial charge in [-0.05, 0) is 49.4 Å². The lowest BCUT2D eigenvalue weighted by atomic mass is 9.68. The normalized spacial score (nSPS) is 22.9. The second-order valence-corrected chi connectivity index (χ2v) is 6.39. The Balaban J connectivity index is 1.77. The Bertz CT molecular complexity index is 753. The first-order chi connectivity index (χ1) is 11.3. The van der Waals surface area contributed by atoms with Gasteiger partial charge >= 0.3 is 0 Å². The molecular formula is C20H20N2O. The lowest BCUT2D eigenvalue weighted by Crippen LogP contribution is -2.43. The van der Waals surface area contributed by atoms with Gasteiger partial charge in [0.1, 0.15) is 5.69 Å². The molecule has 1 spiro atoms. The molecule has 0 N–H and O–H groups in total. The summed E-state index contributed by atoms with van der Waals surface area (Å²) in [4.78, 5) is 19.0. The fourth-order valence-electron chi connectivity index (χ4n) is 3.90. The fourth-order valence-corrected chi connectivity index (χ4v) is 3.90. The number of hydrogen-bond donors (Lipinski definition) is 0. The molecule has 4 rings (SSSR count). The highest BCUT2D eigenvalue weighted by Gasteiger charge is 2.39. The summed E-state index contributed by atoms with van der Waals surface area (Å²) in [5, 5.41) is 0. The molecule has 1 atom stereocenters. The number of rotatable bonds is 1. The van der Waals surface area contributed by atoms with Crippen LogP contribution in [-0.4, -0.2) is 17.4 Å². The predicted molar refractivity (Wildman–Crippen MR) is 91.6 cm³/mol. The van der Waals surface area contributed by atoms with Crippen molar-refractivity contribution in [3.05, 3.63) is 72.1 Å². The number of anilines is 1. The second kappa shape index (κ2) is 5.65. The molecule has 0 radical (unpaired) electrons. The minimum absolute atomic E-state index is 0.00677. The summed E-state index contributed by atoms with van der Waals surface area (Å²) < 4.78 is 0. The maximum absolute atomic E-state index is 12.9. The fraction of sp³-hybridized carbons (Fsp3) is 0.300. The van der Waals surface area contributed by atoms with Gasteiger partial charge in [-0.3, -0.25) is 9.78 Å². The maximum atomic E-state index is 12.9. The van der Waals surface area contributed by atoms with Crippen molar-refractivity contribution in [1.29, 1.82) is 0 Å². The summed E-state index contributed by atoms with van der Waals surface area (Å²) in [6, 6.07) is 13.8. The number of allylic oxidation sites excluding steroid dienone is 2. The van der Waals surface area contributed by atoms with Crippen LogP contribution in [0, 0.1) is 0 Å². The van der Waals surface area contributed by atoms with E-state index in [1.807, 2.05) is 23.1 Å². The summed E-state index contributed by atoms with van der Waals surface area (Å²) in [5.74, 6) is -0.00677. The van der Waals surface area contributed by atoms with Crippen LogP contribution in [0.25, 0.3) is 0 Å². The Labute approximate surface area is 136 Å². The van der Waals surface area contributed by atoms with E-state index in [9.17, 15) is 4.79 Å². The van der Waals surface area contributed by atoms with Crippen LogP contribution in [0.15, 0.2) is 60.8 Å². The topological polar surface area (TPSA) is 33.2 Å². The van der Waals surface area contributed by atoms with Crippen LogP contribution in [0.3, 0.4) is 0 Å². The van der Waals surface area contributed by atoms with E-state index in [2.05, 4.69) is 35.3 Å². The number of benzene rings is 1. The maximum Gasteiger partial charge on any atom is 0.276 e. The van der Waals surface area contributed by atoms with Crippen molar-refractivity contribution in [1.82, 2.24) is 4.98 Å². The molecule has 116 valence electrons. The van der Waals surface area contributed by atoms with Crippen molar-refractivity contribution in [2.45, 2.75) is 31.1 Å². The number of carbonyl (C=O) groups excluding carboxylic acids is 1. The summed E-state index contributed by atoms with van der Waals surface area (Å²) >= 11 is 0. The first-order valence-electron chi connectivity index (χ1n) is 8.30. The molecule has 2 aliphatic rings. The highest BCUT2D eigenvalue weighted by atomic mass is 16.2. The standard InChI is InChI=1S/C20H20N2O/c23-19(17-9-4-7-14-21-17)22-15-13-20(11-5-1-6-12-20)16-8-2-3-10-18(16)22/h2-5,7-11,14H,1,6,12-13,15H2. The van der Waals surface area contributed by atoms with E-state index in [0.717, 1.165) is 18.7 Å². The first-order valence-corrected chi connectivity index (χ1v) is 8.30. The molecule has 1 aromatic heterocycles.